The summed E-state index contributed by atoms with van der Waals surface area (Å²) in [6.45, 7) is 7.51. The maximum Gasteiger partial charge on any atom is 0.0234 e. The van der Waals surface area contributed by atoms with Crippen molar-refractivity contribution in [3.8, 4) is 0 Å². The van der Waals surface area contributed by atoms with Crippen LogP contribution in [0.5, 0.6) is 0 Å². The molecule has 0 atom stereocenters. The van der Waals surface area contributed by atoms with E-state index in [2.05, 4.69) is 40.3 Å². The Labute approximate surface area is 114 Å². The van der Waals surface area contributed by atoms with Gasteiger partial charge in [-0.25, -0.2) is 0 Å². The Bertz CT molecular complexity index is 345. The number of benzene rings is 1. The van der Waals surface area contributed by atoms with Gasteiger partial charge in [0.05, 0.1) is 0 Å². The van der Waals surface area contributed by atoms with E-state index >= 15 is 0 Å². The SMILES string of the molecule is CSc1ccc(CN2CCN(CCN)CC2)cc1. The van der Waals surface area contributed by atoms with Crippen molar-refractivity contribution in [2.24, 2.45) is 5.73 Å². The van der Waals surface area contributed by atoms with Crippen LogP contribution in [0.4, 0.5) is 0 Å². The maximum atomic E-state index is 5.59. The van der Waals surface area contributed by atoms with Crippen LogP contribution in [0, 0.1) is 0 Å². The number of hydrogen-bond acceptors (Lipinski definition) is 4. The van der Waals surface area contributed by atoms with Crippen molar-refractivity contribution in [2.45, 2.75) is 11.4 Å². The molecule has 1 fully saturated rings. The van der Waals surface area contributed by atoms with Gasteiger partial charge in [0.25, 0.3) is 0 Å². The molecule has 1 saturated heterocycles. The molecular weight excluding hydrogens is 242 g/mol. The minimum absolute atomic E-state index is 0.774. The van der Waals surface area contributed by atoms with Crippen molar-refractivity contribution in [2.75, 3.05) is 45.5 Å². The van der Waals surface area contributed by atoms with E-state index in [1.165, 1.54) is 10.5 Å². The summed E-state index contributed by atoms with van der Waals surface area (Å²) in [6, 6.07) is 8.92. The molecule has 1 aliphatic rings. The number of rotatable bonds is 5. The molecule has 0 amide bonds. The highest BCUT2D eigenvalue weighted by atomic mass is 32.2. The van der Waals surface area contributed by atoms with Gasteiger partial charge in [0.1, 0.15) is 0 Å². The molecule has 0 aliphatic carbocycles. The molecule has 0 aromatic heterocycles. The highest BCUT2D eigenvalue weighted by Crippen LogP contribution is 2.16. The van der Waals surface area contributed by atoms with Gasteiger partial charge in [-0.15, -0.1) is 11.8 Å². The number of piperazine rings is 1. The van der Waals surface area contributed by atoms with Gasteiger partial charge in [0, 0.05) is 50.7 Å². The Kier molecular flexibility index (Phi) is 5.50. The van der Waals surface area contributed by atoms with Gasteiger partial charge in [-0.05, 0) is 24.0 Å². The van der Waals surface area contributed by atoms with Crippen molar-refractivity contribution in [1.82, 2.24) is 9.80 Å². The average Bonchev–Trinajstić information content (AvgIpc) is 2.42. The lowest BCUT2D eigenvalue weighted by Gasteiger charge is -2.34. The topological polar surface area (TPSA) is 32.5 Å². The summed E-state index contributed by atoms with van der Waals surface area (Å²) in [5.41, 5.74) is 7.00. The monoisotopic (exact) mass is 265 g/mol. The molecule has 0 spiro atoms. The Morgan fingerprint density at radius 2 is 1.67 bits per heavy atom. The molecule has 0 bridgehead atoms. The summed E-state index contributed by atoms with van der Waals surface area (Å²) in [4.78, 5) is 6.32. The van der Waals surface area contributed by atoms with Gasteiger partial charge >= 0.3 is 0 Å². The first-order valence-corrected chi connectivity index (χ1v) is 7.82. The second-order valence-corrected chi connectivity index (χ2v) is 5.63. The van der Waals surface area contributed by atoms with Crippen molar-refractivity contribution < 1.29 is 0 Å². The maximum absolute atomic E-state index is 5.59. The number of nitrogens with two attached hydrogens (primary N) is 1. The fraction of sp³-hybridized carbons (Fsp3) is 0.571. The first kappa shape index (κ1) is 13.9. The number of nitrogens with zero attached hydrogens (tertiary/aromatic N) is 2. The molecule has 3 nitrogen and oxygen atoms in total. The molecule has 1 heterocycles. The van der Waals surface area contributed by atoms with Crippen LogP contribution < -0.4 is 5.73 Å². The van der Waals surface area contributed by atoms with Gasteiger partial charge in [-0.2, -0.15) is 0 Å². The van der Waals surface area contributed by atoms with Gasteiger partial charge in [0.2, 0.25) is 0 Å². The predicted octanol–water partition coefficient (Wildman–Crippen LogP) is 1.48. The molecule has 0 saturated carbocycles. The molecular formula is C14H23N3S. The summed E-state index contributed by atoms with van der Waals surface area (Å²) in [5, 5.41) is 0. The molecule has 1 aliphatic heterocycles. The third-order valence-corrected chi connectivity index (χ3v) is 4.22. The van der Waals surface area contributed by atoms with E-state index in [-0.39, 0.29) is 0 Å². The Hall–Kier alpha value is -0.550. The van der Waals surface area contributed by atoms with E-state index in [0.717, 1.165) is 45.8 Å². The fourth-order valence-electron chi connectivity index (χ4n) is 2.34. The van der Waals surface area contributed by atoms with Gasteiger partial charge in [-0.1, -0.05) is 12.1 Å². The minimum atomic E-state index is 0.774. The summed E-state index contributed by atoms with van der Waals surface area (Å²) in [5.74, 6) is 0. The van der Waals surface area contributed by atoms with Crippen LogP contribution >= 0.6 is 11.8 Å². The second-order valence-electron chi connectivity index (χ2n) is 4.75. The zero-order valence-corrected chi connectivity index (χ0v) is 12.0. The molecule has 2 N–H and O–H groups in total. The first-order chi connectivity index (χ1) is 8.81. The fourth-order valence-corrected chi connectivity index (χ4v) is 2.75. The predicted molar refractivity (Wildman–Crippen MR) is 79.0 cm³/mol. The van der Waals surface area contributed by atoms with Crippen LogP contribution in [0.2, 0.25) is 0 Å². The Morgan fingerprint density at radius 1 is 1.06 bits per heavy atom. The molecule has 18 heavy (non-hydrogen) atoms. The van der Waals surface area contributed by atoms with Crippen LogP contribution in [0.25, 0.3) is 0 Å². The van der Waals surface area contributed by atoms with Gasteiger partial charge < -0.3 is 5.73 Å². The van der Waals surface area contributed by atoms with Crippen molar-refractivity contribution >= 4 is 11.8 Å². The number of hydrogen-bond donors (Lipinski definition) is 1. The lowest BCUT2D eigenvalue weighted by molar-refractivity contribution is 0.130. The standard InChI is InChI=1S/C14H23N3S/c1-18-14-4-2-13(3-5-14)12-17-10-8-16(7-6-15)9-11-17/h2-5H,6-12,15H2,1H3. The third kappa shape index (κ3) is 3.99. The molecule has 1 aromatic carbocycles. The van der Waals surface area contributed by atoms with Crippen molar-refractivity contribution in [1.29, 1.82) is 0 Å². The van der Waals surface area contributed by atoms with Crippen LogP contribution in [0.3, 0.4) is 0 Å². The lowest BCUT2D eigenvalue weighted by Crippen LogP contribution is -2.47. The van der Waals surface area contributed by atoms with E-state index < -0.39 is 0 Å². The van der Waals surface area contributed by atoms with Crippen molar-refractivity contribution in [3.05, 3.63) is 29.8 Å². The van der Waals surface area contributed by atoms with Gasteiger partial charge in [0.15, 0.2) is 0 Å². The van der Waals surface area contributed by atoms with Crippen molar-refractivity contribution in [3.63, 3.8) is 0 Å². The molecule has 100 valence electrons. The molecule has 4 heteroatoms. The Balaban J connectivity index is 1.80. The van der Waals surface area contributed by atoms with E-state index in [1.54, 1.807) is 11.8 Å². The molecule has 2 rings (SSSR count). The highest BCUT2D eigenvalue weighted by Gasteiger charge is 2.15. The largest absolute Gasteiger partial charge is 0.329 e. The summed E-state index contributed by atoms with van der Waals surface area (Å²) >= 11 is 1.80. The minimum Gasteiger partial charge on any atom is -0.329 e. The normalized spacial score (nSPS) is 18.1. The quantitative estimate of drug-likeness (QED) is 0.818. The zero-order chi connectivity index (χ0) is 12.8. The lowest BCUT2D eigenvalue weighted by atomic mass is 10.2. The van der Waals surface area contributed by atoms with E-state index in [4.69, 9.17) is 5.73 Å². The van der Waals surface area contributed by atoms with E-state index in [9.17, 15) is 0 Å². The number of thioether (sulfide) groups is 1. The summed E-state index contributed by atoms with van der Waals surface area (Å²) < 4.78 is 0. The summed E-state index contributed by atoms with van der Waals surface area (Å²) in [7, 11) is 0. The Morgan fingerprint density at radius 3 is 2.22 bits per heavy atom. The second kappa shape index (κ2) is 7.14. The molecule has 0 radical (unpaired) electrons. The van der Waals surface area contributed by atoms with Crippen LogP contribution in [0.1, 0.15) is 5.56 Å². The van der Waals surface area contributed by atoms with E-state index in [1.807, 2.05) is 0 Å². The third-order valence-electron chi connectivity index (χ3n) is 3.48. The van der Waals surface area contributed by atoms with Crippen LogP contribution in [-0.2, 0) is 6.54 Å². The van der Waals surface area contributed by atoms with Crippen LogP contribution in [0.15, 0.2) is 29.2 Å². The molecule has 1 aromatic rings. The smallest absolute Gasteiger partial charge is 0.0234 e. The average molecular weight is 265 g/mol. The zero-order valence-electron chi connectivity index (χ0n) is 11.1. The summed E-state index contributed by atoms with van der Waals surface area (Å²) in [6.07, 6.45) is 2.12. The van der Waals surface area contributed by atoms with Gasteiger partial charge in [-0.3, -0.25) is 9.80 Å². The molecule has 0 unspecified atom stereocenters. The van der Waals surface area contributed by atoms with Crippen LogP contribution in [-0.4, -0.2) is 55.3 Å². The highest BCUT2D eigenvalue weighted by molar-refractivity contribution is 7.98. The first-order valence-electron chi connectivity index (χ1n) is 6.59. The van der Waals surface area contributed by atoms with E-state index in [0.29, 0.717) is 0 Å².